The van der Waals surface area contributed by atoms with E-state index < -0.39 is 0 Å². The lowest BCUT2D eigenvalue weighted by Crippen LogP contribution is -2.63. The van der Waals surface area contributed by atoms with Gasteiger partial charge in [0.2, 0.25) is 0 Å². The lowest BCUT2D eigenvalue weighted by Gasteiger charge is -2.54. The highest BCUT2D eigenvalue weighted by atomic mass is 16.5. The molecular formula is C21H22N4O3. The van der Waals surface area contributed by atoms with Crippen LogP contribution in [0.5, 0.6) is 5.75 Å². The Kier molecular flexibility index (Phi) is 4.37. The number of fused-ring (bicyclic) bond motifs is 1. The number of ether oxygens (including phenoxy) is 1. The quantitative estimate of drug-likeness (QED) is 0.754. The molecule has 3 aromatic rings. The summed E-state index contributed by atoms with van der Waals surface area (Å²) in [5.41, 5.74) is 0.195. The molecule has 0 aliphatic heterocycles. The average molecular weight is 378 g/mol. The second-order valence-electron chi connectivity index (χ2n) is 7.73. The van der Waals surface area contributed by atoms with E-state index in [2.05, 4.69) is 28.8 Å². The molecule has 1 fully saturated rings. The molecule has 1 aliphatic carbocycles. The monoisotopic (exact) mass is 378 g/mol. The first kappa shape index (κ1) is 18.2. The highest BCUT2D eigenvalue weighted by Gasteiger charge is 2.53. The topological polar surface area (TPSA) is 88.2 Å². The summed E-state index contributed by atoms with van der Waals surface area (Å²) >= 11 is 0. The number of hydrogen-bond donors (Lipinski definition) is 1. The molecule has 2 unspecified atom stereocenters. The molecule has 2 aromatic heterocycles. The van der Waals surface area contributed by atoms with Gasteiger partial charge in [0, 0.05) is 24.9 Å². The zero-order valence-corrected chi connectivity index (χ0v) is 16.0. The van der Waals surface area contributed by atoms with Crippen molar-refractivity contribution in [1.82, 2.24) is 19.9 Å². The molecular weight excluding hydrogens is 356 g/mol. The maximum Gasteiger partial charge on any atom is 0.272 e. The summed E-state index contributed by atoms with van der Waals surface area (Å²) in [6.45, 7) is 4.20. The van der Waals surface area contributed by atoms with Crippen molar-refractivity contribution in [1.29, 1.82) is 0 Å². The SMILES string of the molecule is CN(C(=O)c1cc2c(=O)[nH]cnc2cn1)C1CC(Oc2ccccc2)C1(C)C. The first-order valence-corrected chi connectivity index (χ1v) is 9.20. The van der Waals surface area contributed by atoms with E-state index in [0.29, 0.717) is 10.9 Å². The molecule has 0 radical (unpaired) electrons. The van der Waals surface area contributed by atoms with E-state index in [9.17, 15) is 9.59 Å². The number of pyridine rings is 1. The lowest BCUT2D eigenvalue weighted by molar-refractivity contribution is -0.0887. The molecule has 1 N–H and O–H groups in total. The van der Waals surface area contributed by atoms with Gasteiger partial charge in [0.25, 0.3) is 11.5 Å². The second kappa shape index (κ2) is 6.74. The molecule has 7 heteroatoms. The number of carbonyl (C=O) groups excluding carboxylic acids is 1. The summed E-state index contributed by atoms with van der Waals surface area (Å²) in [4.78, 5) is 37.4. The summed E-state index contributed by atoms with van der Waals surface area (Å²) in [7, 11) is 1.77. The minimum absolute atomic E-state index is 0.0124. The van der Waals surface area contributed by atoms with Crippen LogP contribution >= 0.6 is 0 Å². The van der Waals surface area contributed by atoms with Crippen LogP contribution in [0.3, 0.4) is 0 Å². The van der Waals surface area contributed by atoms with Gasteiger partial charge in [-0.3, -0.25) is 9.59 Å². The number of hydrogen-bond acceptors (Lipinski definition) is 5. The smallest absolute Gasteiger partial charge is 0.272 e. The van der Waals surface area contributed by atoms with Gasteiger partial charge in [0.1, 0.15) is 17.5 Å². The molecule has 2 heterocycles. The number of amides is 1. The first-order chi connectivity index (χ1) is 13.4. The summed E-state index contributed by atoms with van der Waals surface area (Å²) in [5.74, 6) is 0.609. The number of benzene rings is 1. The molecule has 0 bridgehead atoms. The maximum absolute atomic E-state index is 13.0. The molecule has 144 valence electrons. The van der Waals surface area contributed by atoms with Gasteiger partial charge in [-0.2, -0.15) is 0 Å². The van der Waals surface area contributed by atoms with Crippen LogP contribution in [-0.4, -0.2) is 45.0 Å². The molecule has 2 atom stereocenters. The second-order valence-corrected chi connectivity index (χ2v) is 7.73. The van der Waals surface area contributed by atoms with Crippen molar-refractivity contribution in [2.45, 2.75) is 32.4 Å². The van der Waals surface area contributed by atoms with Crippen LogP contribution in [0.15, 0.2) is 53.7 Å². The average Bonchev–Trinajstić information content (AvgIpc) is 2.70. The third-order valence-corrected chi connectivity index (χ3v) is 5.68. The number of nitrogens with one attached hydrogen (secondary N) is 1. The number of rotatable bonds is 4. The van der Waals surface area contributed by atoms with Crippen molar-refractivity contribution < 1.29 is 9.53 Å². The molecule has 1 saturated carbocycles. The number of H-pyrrole nitrogens is 1. The number of aromatic amines is 1. The molecule has 0 saturated heterocycles. The summed E-state index contributed by atoms with van der Waals surface area (Å²) in [6, 6.07) is 11.2. The van der Waals surface area contributed by atoms with E-state index in [1.807, 2.05) is 30.3 Å². The zero-order chi connectivity index (χ0) is 19.9. The van der Waals surface area contributed by atoms with Gasteiger partial charge >= 0.3 is 0 Å². The van der Waals surface area contributed by atoms with Gasteiger partial charge in [-0.1, -0.05) is 32.0 Å². The normalized spacial score (nSPS) is 20.4. The summed E-state index contributed by atoms with van der Waals surface area (Å²) < 4.78 is 6.10. The summed E-state index contributed by atoms with van der Waals surface area (Å²) in [6.07, 6.45) is 3.54. The van der Waals surface area contributed by atoms with Crippen molar-refractivity contribution in [3.8, 4) is 5.75 Å². The van der Waals surface area contributed by atoms with Gasteiger partial charge in [0.15, 0.2) is 0 Å². The van der Waals surface area contributed by atoms with E-state index in [1.54, 1.807) is 11.9 Å². The predicted molar refractivity (Wildman–Crippen MR) is 105 cm³/mol. The molecule has 1 aromatic carbocycles. The van der Waals surface area contributed by atoms with Gasteiger partial charge in [0.05, 0.1) is 23.4 Å². The van der Waals surface area contributed by atoms with Crippen LogP contribution in [0.4, 0.5) is 0 Å². The van der Waals surface area contributed by atoms with Crippen molar-refractivity contribution in [3.05, 3.63) is 65.0 Å². The number of nitrogens with zero attached hydrogens (tertiary/aromatic N) is 3. The van der Waals surface area contributed by atoms with Gasteiger partial charge < -0.3 is 14.6 Å². The minimum Gasteiger partial charge on any atom is -0.490 e. The lowest BCUT2D eigenvalue weighted by atomic mass is 9.63. The standard InChI is InChI=1S/C21H22N4O3/c1-21(2)17(10-18(21)28-13-7-5-4-6-8-13)25(3)20(27)15-9-14-16(11-22-15)23-12-24-19(14)26/h4-9,11-12,17-18H,10H2,1-3H3,(H,23,24,26). The van der Waals surface area contributed by atoms with Crippen LogP contribution in [0.2, 0.25) is 0 Å². The Morgan fingerprint density at radius 3 is 2.71 bits per heavy atom. The van der Waals surface area contributed by atoms with Crippen LogP contribution in [0.25, 0.3) is 10.9 Å². The summed E-state index contributed by atoms with van der Waals surface area (Å²) in [5, 5.41) is 0.354. The van der Waals surface area contributed by atoms with E-state index in [4.69, 9.17) is 4.74 Å². The van der Waals surface area contributed by atoms with Crippen molar-refractivity contribution >= 4 is 16.8 Å². The van der Waals surface area contributed by atoms with Gasteiger partial charge in [-0.25, -0.2) is 9.97 Å². The zero-order valence-electron chi connectivity index (χ0n) is 16.0. The van der Waals surface area contributed by atoms with E-state index in [-0.39, 0.29) is 34.7 Å². The Morgan fingerprint density at radius 1 is 1.25 bits per heavy atom. The molecule has 28 heavy (non-hydrogen) atoms. The Balaban J connectivity index is 1.52. The Labute approximate surface area is 162 Å². The fourth-order valence-electron chi connectivity index (χ4n) is 3.80. The van der Waals surface area contributed by atoms with Crippen molar-refractivity contribution in [2.24, 2.45) is 5.41 Å². The molecule has 0 spiro atoms. The predicted octanol–water partition coefficient (Wildman–Crippen LogP) is 2.64. The van der Waals surface area contributed by atoms with Gasteiger partial charge in [-0.15, -0.1) is 0 Å². The fourth-order valence-corrected chi connectivity index (χ4v) is 3.80. The molecule has 7 nitrogen and oxygen atoms in total. The molecule has 4 rings (SSSR count). The Morgan fingerprint density at radius 2 is 2.00 bits per heavy atom. The third kappa shape index (κ3) is 3.02. The van der Waals surface area contributed by atoms with Crippen LogP contribution in [0.1, 0.15) is 30.8 Å². The highest BCUT2D eigenvalue weighted by Crippen LogP contribution is 2.45. The van der Waals surface area contributed by atoms with Crippen molar-refractivity contribution in [2.75, 3.05) is 7.05 Å². The van der Waals surface area contributed by atoms with E-state index in [0.717, 1.165) is 12.2 Å². The minimum atomic E-state index is -0.288. The van der Waals surface area contributed by atoms with Crippen LogP contribution in [0, 0.1) is 5.41 Å². The van der Waals surface area contributed by atoms with E-state index in [1.165, 1.54) is 18.6 Å². The highest BCUT2D eigenvalue weighted by molar-refractivity contribution is 5.95. The number of para-hydroxylation sites is 1. The maximum atomic E-state index is 13.0. The molecule has 1 amide bonds. The Hall–Kier alpha value is -3.22. The molecule has 1 aliphatic rings. The largest absolute Gasteiger partial charge is 0.490 e. The Bertz CT molecular complexity index is 1080. The van der Waals surface area contributed by atoms with Crippen LogP contribution in [-0.2, 0) is 0 Å². The van der Waals surface area contributed by atoms with Crippen molar-refractivity contribution in [3.63, 3.8) is 0 Å². The fraction of sp³-hybridized carbons (Fsp3) is 0.333. The number of carbonyl (C=O) groups is 1. The first-order valence-electron chi connectivity index (χ1n) is 9.20. The third-order valence-electron chi connectivity index (χ3n) is 5.68. The van der Waals surface area contributed by atoms with Crippen LogP contribution < -0.4 is 10.3 Å². The van der Waals surface area contributed by atoms with E-state index >= 15 is 0 Å². The number of aromatic nitrogens is 3. The van der Waals surface area contributed by atoms with Gasteiger partial charge in [-0.05, 0) is 18.2 Å².